The summed E-state index contributed by atoms with van der Waals surface area (Å²) < 4.78 is 6.88. The van der Waals surface area contributed by atoms with Gasteiger partial charge in [-0.15, -0.1) is 0 Å². The fourth-order valence-electron chi connectivity index (χ4n) is 2.68. The molecule has 1 aliphatic heterocycles. The van der Waals surface area contributed by atoms with Crippen LogP contribution in [-0.2, 0) is 4.74 Å². The lowest BCUT2D eigenvalue weighted by molar-refractivity contribution is -0.0799. The standard InChI is InChI=1S/C14H21BrN2O/c1-10-8-17(9-11(2)18-10)14(7-16)12-4-3-5-13(15)6-12/h3-6,10-11,14H,7-9,16H2,1-2H3. The number of morpholine rings is 1. The molecule has 3 unspecified atom stereocenters. The average molecular weight is 313 g/mol. The van der Waals surface area contributed by atoms with Crippen LogP contribution in [0.4, 0.5) is 0 Å². The summed E-state index contributed by atoms with van der Waals surface area (Å²) in [4.78, 5) is 2.43. The molecule has 2 rings (SSSR count). The molecule has 18 heavy (non-hydrogen) atoms. The Morgan fingerprint density at radius 2 is 2.06 bits per heavy atom. The highest BCUT2D eigenvalue weighted by Crippen LogP contribution is 2.26. The van der Waals surface area contributed by atoms with Gasteiger partial charge in [0.15, 0.2) is 0 Å². The number of benzene rings is 1. The average Bonchev–Trinajstić information content (AvgIpc) is 2.28. The van der Waals surface area contributed by atoms with E-state index in [-0.39, 0.29) is 18.2 Å². The number of halogens is 1. The minimum Gasteiger partial charge on any atom is -0.373 e. The molecule has 2 N–H and O–H groups in total. The van der Waals surface area contributed by atoms with Gasteiger partial charge < -0.3 is 10.5 Å². The summed E-state index contributed by atoms with van der Waals surface area (Å²) in [5.74, 6) is 0. The predicted octanol–water partition coefficient (Wildman–Crippen LogP) is 2.56. The summed E-state index contributed by atoms with van der Waals surface area (Å²) >= 11 is 3.52. The minimum absolute atomic E-state index is 0.273. The highest BCUT2D eigenvalue weighted by molar-refractivity contribution is 9.10. The van der Waals surface area contributed by atoms with Crippen LogP contribution in [0, 0.1) is 0 Å². The molecule has 0 aromatic heterocycles. The van der Waals surface area contributed by atoms with E-state index in [1.54, 1.807) is 0 Å². The molecule has 1 aromatic rings. The summed E-state index contributed by atoms with van der Waals surface area (Å²) in [6.07, 6.45) is 0.546. The zero-order valence-corrected chi connectivity index (χ0v) is 12.6. The molecule has 3 atom stereocenters. The van der Waals surface area contributed by atoms with Crippen LogP contribution in [0.15, 0.2) is 28.7 Å². The summed E-state index contributed by atoms with van der Waals surface area (Å²) in [5, 5.41) is 0. The van der Waals surface area contributed by atoms with Crippen molar-refractivity contribution in [2.24, 2.45) is 5.73 Å². The van der Waals surface area contributed by atoms with E-state index >= 15 is 0 Å². The van der Waals surface area contributed by atoms with Gasteiger partial charge in [0.1, 0.15) is 0 Å². The van der Waals surface area contributed by atoms with Crippen molar-refractivity contribution in [3.8, 4) is 0 Å². The minimum atomic E-state index is 0.273. The van der Waals surface area contributed by atoms with Crippen LogP contribution in [0.3, 0.4) is 0 Å². The second-order valence-corrected chi connectivity index (χ2v) is 5.93. The second-order valence-electron chi connectivity index (χ2n) is 5.02. The second kappa shape index (κ2) is 6.15. The maximum absolute atomic E-state index is 5.98. The van der Waals surface area contributed by atoms with Crippen molar-refractivity contribution in [1.82, 2.24) is 4.90 Å². The largest absolute Gasteiger partial charge is 0.373 e. The third kappa shape index (κ3) is 3.32. The zero-order chi connectivity index (χ0) is 13.1. The Hall–Kier alpha value is -0.420. The first-order chi connectivity index (χ1) is 8.60. The Balaban J connectivity index is 2.17. The molecule has 1 saturated heterocycles. The van der Waals surface area contributed by atoms with Crippen LogP contribution < -0.4 is 5.73 Å². The summed E-state index contributed by atoms with van der Waals surface area (Å²) in [6, 6.07) is 8.68. The Morgan fingerprint density at radius 1 is 1.39 bits per heavy atom. The van der Waals surface area contributed by atoms with Crippen LogP contribution in [0.2, 0.25) is 0 Å². The lowest BCUT2D eigenvalue weighted by Crippen LogP contribution is -2.48. The number of hydrogen-bond acceptors (Lipinski definition) is 3. The van der Waals surface area contributed by atoms with Crippen LogP contribution in [-0.4, -0.2) is 36.7 Å². The smallest absolute Gasteiger partial charge is 0.0678 e. The van der Waals surface area contributed by atoms with E-state index in [0.29, 0.717) is 6.54 Å². The maximum atomic E-state index is 5.98. The molecule has 100 valence electrons. The molecule has 0 amide bonds. The molecule has 1 aliphatic rings. The summed E-state index contributed by atoms with van der Waals surface area (Å²) in [5.41, 5.74) is 7.25. The van der Waals surface area contributed by atoms with Crippen LogP contribution in [0.5, 0.6) is 0 Å². The van der Waals surface area contributed by atoms with E-state index in [1.807, 2.05) is 6.07 Å². The first-order valence-corrected chi connectivity index (χ1v) is 7.24. The van der Waals surface area contributed by atoms with Crippen molar-refractivity contribution in [3.05, 3.63) is 34.3 Å². The first kappa shape index (κ1) is 14.0. The monoisotopic (exact) mass is 312 g/mol. The van der Waals surface area contributed by atoms with Gasteiger partial charge in [-0.3, -0.25) is 4.90 Å². The Labute approximate surface area is 117 Å². The van der Waals surface area contributed by atoms with E-state index in [4.69, 9.17) is 10.5 Å². The Kier molecular flexibility index (Phi) is 4.78. The SMILES string of the molecule is CC1CN(C(CN)c2cccc(Br)c2)CC(C)O1. The Morgan fingerprint density at radius 3 is 2.61 bits per heavy atom. The van der Waals surface area contributed by atoms with Gasteiger partial charge in [0, 0.05) is 30.1 Å². The number of hydrogen-bond donors (Lipinski definition) is 1. The molecule has 0 saturated carbocycles. The molecule has 0 aliphatic carbocycles. The third-order valence-corrected chi connectivity index (χ3v) is 3.84. The molecule has 0 spiro atoms. The van der Waals surface area contributed by atoms with E-state index in [2.05, 4.69) is 52.9 Å². The quantitative estimate of drug-likeness (QED) is 0.932. The molecule has 1 aromatic carbocycles. The molecule has 3 nitrogen and oxygen atoms in total. The normalized spacial score (nSPS) is 27.1. The van der Waals surface area contributed by atoms with Gasteiger partial charge in [0.05, 0.1) is 12.2 Å². The van der Waals surface area contributed by atoms with Crippen molar-refractivity contribution in [2.75, 3.05) is 19.6 Å². The van der Waals surface area contributed by atoms with Crippen molar-refractivity contribution >= 4 is 15.9 Å². The van der Waals surface area contributed by atoms with Gasteiger partial charge in [-0.25, -0.2) is 0 Å². The summed E-state index contributed by atoms with van der Waals surface area (Å²) in [7, 11) is 0. The molecule has 4 heteroatoms. The van der Waals surface area contributed by atoms with Crippen molar-refractivity contribution in [2.45, 2.75) is 32.1 Å². The molecular weight excluding hydrogens is 292 g/mol. The lowest BCUT2D eigenvalue weighted by Gasteiger charge is -2.40. The highest BCUT2D eigenvalue weighted by Gasteiger charge is 2.28. The van der Waals surface area contributed by atoms with Gasteiger partial charge in [-0.2, -0.15) is 0 Å². The highest BCUT2D eigenvalue weighted by atomic mass is 79.9. The molecule has 1 fully saturated rings. The molecule has 0 bridgehead atoms. The Bertz CT molecular complexity index is 389. The van der Waals surface area contributed by atoms with E-state index in [0.717, 1.165) is 17.6 Å². The van der Waals surface area contributed by atoms with Crippen molar-refractivity contribution < 1.29 is 4.74 Å². The lowest BCUT2D eigenvalue weighted by atomic mass is 10.0. The van der Waals surface area contributed by atoms with Gasteiger partial charge >= 0.3 is 0 Å². The first-order valence-electron chi connectivity index (χ1n) is 6.45. The van der Waals surface area contributed by atoms with Gasteiger partial charge in [-0.1, -0.05) is 28.1 Å². The van der Waals surface area contributed by atoms with Gasteiger partial charge in [0.2, 0.25) is 0 Å². The van der Waals surface area contributed by atoms with Crippen LogP contribution in [0.1, 0.15) is 25.5 Å². The third-order valence-electron chi connectivity index (χ3n) is 3.35. The number of nitrogens with two attached hydrogens (primary N) is 1. The number of rotatable bonds is 3. The van der Waals surface area contributed by atoms with E-state index in [9.17, 15) is 0 Å². The predicted molar refractivity (Wildman–Crippen MR) is 77.5 cm³/mol. The maximum Gasteiger partial charge on any atom is 0.0678 e. The fraction of sp³-hybridized carbons (Fsp3) is 0.571. The van der Waals surface area contributed by atoms with Gasteiger partial charge in [0.25, 0.3) is 0 Å². The zero-order valence-electron chi connectivity index (χ0n) is 11.0. The molecular formula is C14H21BrN2O. The van der Waals surface area contributed by atoms with E-state index < -0.39 is 0 Å². The van der Waals surface area contributed by atoms with Gasteiger partial charge in [-0.05, 0) is 31.5 Å². The van der Waals surface area contributed by atoms with Crippen LogP contribution >= 0.6 is 15.9 Å². The molecule has 0 radical (unpaired) electrons. The number of nitrogens with zero attached hydrogens (tertiary/aromatic N) is 1. The van der Waals surface area contributed by atoms with E-state index in [1.165, 1.54) is 5.56 Å². The van der Waals surface area contributed by atoms with Crippen LogP contribution in [0.25, 0.3) is 0 Å². The molecule has 1 heterocycles. The van der Waals surface area contributed by atoms with Crippen molar-refractivity contribution in [1.29, 1.82) is 0 Å². The number of ether oxygens (including phenoxy) is 1. The topological polar surface area (TPSA) is 38.5 Å². The van der Waals surface area contributed by atoms with Crippen molar-refractivity contribution in [3.63, 3.8) is 0 Å². The summed E-state index contributed by atoms with van der Waals surface area (Å²) in [6.45, 7) is 6.77. The fourth-order valence-corrected chi connectivity index (χ4v) is 3.10.